The third-order valence-corrected chi connectivity index (χ3v) is 5.88. The van der Waals surface area contributed by atoms with Gasteiger partial charge in [0.05, 0.1) is 20.8 Å². The van der Waals surface area contributed by atoms with Crippen molar-refractivity contribution in [3.63, 3.8) is 0 Å². The molecule has 0 spiro atoms. The van der Waals surface area contributed by atoms with Crippen LogP contribution in [0.2, 0.25) is 5.02 Å². The van der Waals surface area contributed by atoms with Crippen LogP contribution in [0.1, 0.15) is 16.7 Å². The summed E-state index contributed by atoms with van der Waals surface area (Å²) in [4.78, 5) is 27.8. The molecule has 0 radical (unpaired) electrons. The molecule has 32 heavy (non-hydrogen) atoms. The quantitative estimate of drug-likeness (QED) is 0.557. The summed E-state index contributed by atoms with van der Waals surface area (Å²) in [6, 6.07) is 17.2. The number of imide groups is 1. The average Bonchev–Trinajstić information content (AvgIpc) is 3.07. The van der Waals surface area contributed by atoms with E-state index in [1.165, 1.54) is 32.4 Å². The number of ether oxygens (including phenoxy) is 2. The van der Waals surface area contributed by atoms with Crippen molar-refractivity contribution in [1.29, 1.82) is 0 Å². The zero-order valence-electron chi connectivity index (χ0n) is 17.4. The zero-order chi connectivity index (χ0) is 22.9. The number of nitrogens with zero attached hydrogens (tertiary/aromatic N) is 1. The zero-order valence-corrected chi connectivity index (χ0v) is 18.2. The summed E-state index contributed by atoms with van der Waals surface area (Å²) < 4.78 is 24.8. The molecule has 4 rings (SSSR count). The van der Waals surface area contributed by atoms with Crippen molar-refractivity contribution >= 4 is 23.5 Å². The van der Waals surface area contributed by atoms with Crippen LogP contribution in [-0.4, -0.2) is 31.1 Å². The number of benzene rings is 3. The highest BCUT2D eigenvalue weighted by Crippen LogP contribution is 2.38. The SMILES string of the molecule is COc1ccc(C2(c3ccc(OC)cc3)NC(=O)N(Cc3c(F)cccc3Cl)C2=O)cc1. The highest BCUT2D eigenvalue weighted by atomic mass is 35.5. The number of urea groups is 1. The Morgan fingerprint density at radius 2 is 1.44 bits per heavy atom. The summed E-state index contributed by atoms with van der Waals surface area (Å²) >= 11 is 6.14. The molecule has 6 nitrogen and oxygen atoms in total. The molecule has 1 N–H and O–H groups in total. The first-order chi connectivity index (χ1) is 15.4. The number of hydrogen-bond donors (Lipinski definition) is 1. The van der Waals surface area contributed by atoms with Crippen LogP contribution in [0.3, 0.4) is 0 Å². The summed E-state index contributed by atoms with van der Waals surface area (Å²) in [5.41, 5.74) is -0.376. The third-order valence-electron chi connectivity index (χ3n) is 5.53. The van der Waals surface area contributed by atoms with Crippen LogP contribution in [0.5, 0.6) is 11.5 Å². The second-order valence-corrected chi connectivity index (χ2v) is 7.64. The number of methoxy groups -OCH3 is 2. The molecule has 0 bridgehead atoms. The first-order valence-electron chi connectivity index (χ1n) is 9.76. The number of carbonyl (C=O) groups is 2. The molecule has 0 aliphatic carbocycles. The van der Waals surface area contributed by atoms with Gasteiger partial charge in [-0.2, -0.15) is 0 Å². The van der Waals surface area contributed by atoms with Crippen molar-refractivity contribution in [2.75, 3.05) is 14.2 Å². The Morgan fingerprint density at radius 3 is 1.91 bits per heavy atom. The Kier molecular flexibility index (Phi) is 5.76. The maximum absolute atomic E-state index is 14.4. The highest BCUT2D eigenvalue weighted by molar-refractivity contribution is 6.31. The number of carbonyl (C=O) groups excluding carboxylic acids is 2. The Morgan fingerprint density at radius 1 is 0.906 bits per heavy atom. The lowest BCUT2D eigenvalue weighted by atomic mass is 9.82. The number of halogens is 2. The average molecular weight is 455 g/mol. The van der Waals surface area contributed by atoms with Crippen LogP contribution >= 0.6 is 11.6 Å². The van der Waals surface area contributed by atoms with Gasteiger partial charge in [-0.3, -0.25) is 9.69 Å². The lowest BCUT2D eigenvalue weighted by molar-refractivity contribution is -0.130. The van der Waals surface area contributed by atoms with Crippen LogP contribution in [0.4, 0.5) is 9.18 Å². The fourth-order valence-corrected chi connectivity index (χ4v) is 4.02. The Balaban J connectivity index is 1.82. The molecule has 1 saturated heterocycles. The van der Waals surface area contributed by atoms with Crippen LogP contribution in [-0.2, 0) is 16.9 Å². The van der Waals surface area contributed by atoms with E-state index in [2.05, 4.69) is 5.32 Å². The summed E-state index contributed by atoms with van der Waals surface area (Å²) in [5.74, 6) is 0.0671. The van der Waals surface area contributed by atoms with E-state index in [0.717, 1.165) is 4.90 Å². The fourth-order valence-electron chi connectivity index (χ4n) is 3.80. The largest absolute Gasteiger partial charge is 0.497 e. The Hall–Kier alpha value is -3.58. The van der Waals surface area contributed by atoms with E-state index in [4.69, 9.17) is 21.1 Å². The number of hydrogen-bond acceptors (Lipinski definition) is 4. The molecule has 0 saturated carbocycles. The minimum absolute atomic E-state index is 0.0675. The monoisotopic (exact) mass is 454 g/mol. The van der Waals surface area contributed by atoms with Crippen molar-refractivity contribution in [3.05, 3.63) is 94.3 Å². The lowest BCUT2D eigenvalue weighted by Crippen LogP contribution is -2.45. The topological polar surface area (TPSA) is 67.9 Å². The van der Waals surface area contributed by atoms with Crippen molar-refractivity contribution in [1.82, 2.24) is 10.2 Å². The van der Waals surface area contributed by atoms with Gasteiger partial charge in [0.2, 0.25) is 0 Å². The maximum atomic E-state index is 14.4. The van der Waals surface area contributed by atoms with Crippen molar-refractivity contribution < 1.29 is 23.5 Å². The number of rotatable bonds is 6. The molecular formula is C24H20ClFN2O4. The molecule has 0 unspecified atom stereocenters. The van der Waals surface area contributed by atoms with Gasteiger partial charge in [-0.15, -0.1) is 0 Å². The van der Waals surface area contributed by atoms with E-state index >= 15 is 0 Å². The molecule has 1 aliphatic rings. The van der Waals surface area contributed by atoms with E-state index in [1.807, 2.05) is 0 Å². The van der Waals surface area contributed by atoms with Crippen LogP contribution in [0, 0.1) is 5.82 Å². The maximum Gasteiger partial charge on any atom is 0.325 e. The molecular weight excluding hydrogens is 435 g/mol. The molecule has 1 fully saturated rings. The van der Waals surface area contributed by atoms with Gasteiger partial charge in [-0.1, -0.05) is 41.9 Å². The predicted molar refractivity (Wildman–Crippen MR) is 117 cm³/mol. The second-order valence-electron chi connectivity index (χ2n) is 7.23. The normalized spacial score (nSPS) is 14.9. The standard InChI is InChI=1S/C24H20ClFN2O4/c1-31-17-10-6-15(7-11-17)24(16-8-12-18(32-2)13-9-16)22(29)28(23(30)27-24)14-19-20(25)4-3-5-21(19)26/h3-13H,14H2,1-2H3,(H,27,30). The fraction of sp³-hybridized carbons (Fsp3) is 0.167. The van der Waals surface area contributed by atoms with E-state index in [-0.39, 0.29) is 17.1 Å². The first kappa shape index (κ1) is 21.6. The van der Waals surface area contributed by atoms with E-state index in [1.54, 1.807) is 48.5 Å². The minimum Gasteiger partial charge on any atom is -0.497 e. The van der Waals surface area contributed by atoms with Gasteiger partial charge in [0.25, 0.3) is 5.91 Å². The van der Waals surface area contributed by atoms with Crippen LogP contribution < -0.4 is 14.8 Å². The molecule has 3 aromatic rings. The molecule has 1 heterocycles. The molecule has 1 aliphatic heterocycles. The number of nitrogens with one attached hydrogen (secondary N) is 1. The Bertz CT molecular complexity index is 1100. The van der Waals surface area contributed by atoms with Gasteiger partial charge in [-0.25, -0.2) is 9.18 Å². The predicted octanol–water partition coefficient (Wildman–Crippen LogP) is 4.49. The minimum atomic E-state index is -1.51. The molecule has 164 valence electrons. The van der Waals surface area contributed by atoms with Crippen molar-refractivity contribution in [2.45, 2.75) is 12.1 Å². The van der Waals surface area contributed by atoms with Gasteiger partial charge in [0.15, 0.2) is 5.54 Å². The molecule has 0 aromatic heterocycles. The number of amides is 3. The first-order valence-corrected chi connectivity index (χ1v) is 10.1. The van der Waals surface area contributed by atoms with Crippen LogP contribution in [0.25, 0.3) is 0 Å². The van der Waals surface area contributed by atoms with Gasteiger partial charge in [-0.05, 0) is 47.5 Å². The summed E-state index contributed by atoms with van der Waals surface area (Å²) in [6.45, 7) is -0.301. The second kappa shape index (κ2) is 8.51. The summed E-state index contributed by atoms with van der Waals surface area (Å²) in [6.07, 6.45) is 0. The molecule has 3 aromatic carbocycles. The Labute approximate surface area is 189 Å². The van der Waals surface area contributed by atoms with Gasteiger partial charge in [0, 0.05) is 10.6 Å². The van der Waals surface area contributed by atoms with Gasteiger partial charge < -0.3 is 14.8 Å². The van der Waals surface area contributed by atoms with Gasteiger partial charge in [0.1, 0.15) is 17.3 Å². The smallest absolute Gasteiger partial charge is 0.325 e. The third kappa shape index (κ3) is 3.54. The summed E-state index contributed by atoms with van der Waals surface area (Å²) in [5, 5.41) is 2.96. The molecule has 0 atom stereocenters. The van der Waals surface area contributed by atoms with E-state index in [9.17, 15) is 14.0 Å². The van der Waals surface area contributed by atoms with Gasteiger partial charge >= 0.3 is 6.03 Å². The summed E-state index contributed by atoms with van der Waals surface area (Å²) in [7, 11) is 3.08. The van der Waals surface area contributed by atoms with E-state index < -0.39 is 23.3 Å². The lowest BCUT2D eigenvalue weighted by Gasteiger charge is -2.28. The van der Waals surface area contributed by atoms with E-state index in [0.29, 0.717) is 22.6 Å². The molecule has 8 heteroatoms. The highest BCUT2D eigenvalue weighted by Gasteiger charge is 2.53. The van der Waals surface area contributed by atoms with Crippen LogP contribution in [0.15, 0.2) is 66.7 Å². The molecule has 3 amide bonds. The van der Waals surface area contributed by atoms with Crippen molar-refractivity contribution in [2.24, 2.45) is 0 Å². The van der Waals surface area contributed by atoms with Crippen molar-refractivity contribution in [3.8, 4) is 11.5 Å².